The van der Waals surface area contributed by atoms with Crippen LogP contribution < -0.4 is 10.9 Å². The molecule has 0 radical (unpaired) electrons. The topological polar surface area (TPSA) is 73.2 Å². The smallest absolute Gasteiger partial charge is 0.263 e. The van der Waals surface area contributed by atoms with Gasteiger partial charge in [-0.2, -0.15) is 0 Å². The third-order valence-corrected chi connectivity index (χ3v) is 7.96. The third-order valence-electron chi connectivity index (χ3n) is 5.80. The number of hydrogen-bond donors (Lipinski definition) is 1. The number of amides is 1. The van der Waals surface area contributed by atoms with E-state index in [1.54, 1.807) is 15.9 Å². The van der Waals surface area contributed by atoms with Crippen molar-refractivity contribution in [1.29, 1.82) is 0 Å². The average molecular weight is 436 g/mol. The Morgan fingerprint density at radius 1 is 1.38 bits per heavy atom. The quantitative estimate of drug-likeness (QED) is 0.532. The Morgan fingerprint density at radius 2 is 2.21 bits per heavy atom. The Bertz CT molecular complexity index is 947. The molecule has 1 aliphatic heterocycles. The van der Waals surface area contributed by atoms with Crippen LogP contribution in [0, 0.1) is 0 Å². The molecule has 1 fully saturated rings. The van der Waals surface area contributed by atoms with Crippen LogP contribution in [-0.2, 0) is 28.9 Å². The predicted molar refractivity (Wildman–Crippen MR) is 118 cm³/mol. The molecule has 1 saturated heterocycles. The zero-order chi connectivity index (χ0) is 20.4. The molecule has 2 aromatic heterocycles. The zero-order valence-corrected chi connectivity index (χ0v) is 18.8. The first-order valence-electron chi connectivity index (χ1n) is 10.7. The van der Waals surface area contributed by atoms with Crippen LogP contribution in [-0.4, -0.2) is 40.0 Å². The highest BCUT2D eigenvalue weighted by Crippen LogP contribution is 2.35. The fraction of sp³-hybridized carbons (Fsp3) is 0.667. The first-order valence-corrected chi connectivity index (χ1v) is 12.5. The average Bonchev–Trinajstić information content (AvgIpc) is 3.35. The van der Waals surface area contributed by atoms with E-state index >= 15 is 0 Å². The van der Waals surface area contributed by atoms with Crippen LogP contribution in [0.15, 0.2) is 9.95 Å². The van der Waals surface area contributed by atoms with Crippen LogP contribution in [0.4, 0.5) is 0 Å². The lowest BCUT2D eigenvalue weighted by Gasteiger charge is -2.17. The summed E-state index contributed by atoms with van der Waals surface area (Å²) in [6, 6.07) is 0.150. The summed E-state index contributed by atoms with van der Waals surface area (Å²) in [7, 11) is 0. The Morgan fingerprint density at radius 3 is 2.97 bits per heavy atom. The van der Waals surface area contributed by atoms with Gasteiger partial charge in [-0.1, -0.05) is 18.7 Å². The van der Waals surface area contributed by atoms with Crippen molar-refractivity contribution in [3.8, 4) is 0 Å². The van der Waals surface area contributed by atoms with Crippen LogP contribution in [0.25, 0.3) is 10.2 Å². The number of aromatic nitrogens is 2. The van der Waals surface area contributed by atoms with E-state index in [1.165, 1.54) is 28.6 Å². The molecular weight excluding hydrogens is 406 g/mol. The molecule has 0 spiro atoms. The van der Waals surface area contributed by atoms with Gasteiger partial charge >= 0.3 is 0 Å². The first kappa shape index (κ1) is 20.9. The molecule has 158 valence electrons. The van der Waals surface area contributed by atoms with E-state index in [1.807, 2.05) is 13.8 Å². The van der Waals surface area contributed by atoms with Crippen molar-refractivity contribution in [2.24, 2.45) is 0 Å². The molecule has 1 N–H and O–H groups in total. The highest BCUT2D eigenvalue weighted by Gasteiger charge is 2.25. The lowest BCUT2D eigenvalue weighted by atomic mass is 9.97. The number of thioether (sulfide) groups is 1. The Balaban J connectivity index is 1.67. The van der Waals surface area contributed by atoms with E-state index in [0.717, 1.165) is 55.3 Å². The predicted octanol–water partition coefficient (Wildman–Crippen LogP) is 3.52. The first-order chi connectivity index (χ1) is 14.1. The van der Waals surface area contributed by atoms with E-state index in [9.17, 15) is 9.59 Å². The van der Waals surface area contributed by atoms with Crippen molar-refractivity contribution in [2.75, 3.05) is 12.4 Å². The molecule has 0 aromatic carbocycles. The Kier molecular flexibility index (Phi) is 6.61. The summed E-state index contributed by atoms with van der Waals surface area (Å²) >= 11 is 3.02. The van der Waals surface area contributed by atoms with Crippen LogP contribution in [0.5, 0.6) is 0 Å². The van der Waals surface area contributed by atoms with Gasteiger partial charge in [-0.3, -0.25) is 14.2 Å². The minimum Gasteiger partial charge on any atom is -0.376 e. The third kappa shape index (κ3) is 4.54. The normalized spacial score (nSPS) is 20.0. The minimum atomic E-state index is -0.0205. The molecular formula is C21H29N3O3S2. The molecule has 1 amide bonds. The van der Waals surface area contributed by atoms with Gasteiger partial charge in [0.15, 0.2) is 5.16 Å². The molecule has 6 nitrogen and oxygen atoms in total. The molecule has 8 heteroatoms. The second-order valence-corrected chi connectivity index (χ2v) is 10.0. The summed E-state index contributed by atoms with van der Waals surface area (Å²) in [4.78, 5) is 32.8. The van der Waals surface area contributed by atoms with Crippen molar-refractivity contribution in [1.82, 2.24) is 14.9 Å². The molecule has 1 aliphatic carbocycles. The second kappa shape index (κ2) is 9.18. The molecule has 0 bridgehead atoms. The molecule has 29 heavy (non-hydrogen) atoms. The molecule has 2 aliphatic rings. The summed E-state index contributed by atoms with van der Waals surface area (Å²) in [6.07, 6.45) is 7.27. The van der Waals surface area contributed by atoms with Crippen molar-refractivity contribution < 1.29 is 9.53 Å². The lowest BCUT2D eigenvalue weighted by Crippen LogP contribution is -2.34. The van der Waals surface area contributed by atoms with Crippen LogP contribution in [0.1, 0.15) is 56.4 Å². The fourth-order valence-electron chi connectivity index (χ4n) is 4.03. The molecule has 0 saturated carbocycles. The summed E-state index contributed by atoms with van der Waals surface area (Å²) < 4.78 is 7.56. The van der Waals surface area contributed by atoms with Crippen molar-refractivity contribution in [3.63, 3.8) is 0 Å². The number of carbonyl (C=O) groups is 1. The van der Waals surface area contributed by atoms with Crippen LogP contribution >= 0.6 is 23.1 Å². The van der Waals surface area contributed by atoms with Crippen molar-refractivity contribution >= 4 is 39.2 Å². The molecule has 2 aromatic rings. The largest absolute Gasteiger partial charge is 0.376 e. The number of hydrogen-bond acceptors (Lipinski definition) is 6. The highest BCUT2D eigenvalue weighted by atomic mass is 32.2. The fourth-order valence-corrected chi connectivity index (χ4v) is 6.15. The molecule has 2 atom stereocenters. The van der Waals surface area contributed by atoms with Gasteiger partial charge in [0.2, 0.25) is 5.91 Å². The molecule has 4 rings (SSSR count). The van der Waals surface area contributed by atoms with Crippen molar-refractivity contribution in [3.05, 3.63) is 20.8 Å². The summed E-state index contributed by atoms with van der Waals surface area (Å²) in [6.45, 7) is 5.31. The number of nitrogens with one attached hydrogen (secondary N) is 1. The van der Waals surface area contributed by atoms with Crippen LogP contribution in [0.3, 0.4) is 0 Å². The van der Waals surface area contributed by atoms with Crippen molar-refractivity contribution in [2.45, 2.75) is 82.6 Å². The van der Waals surface area contributed by atoms with Gasteiger partial charge in [0, 0.05) is 17.5 Å². The zero-order valence-electron chi connectivity index (χ0n) is 17.2. The highest BCUT2D eigenvalue weighted by molar-refractivity contribution is 7.99. The number of aryl methyl sites for hydroxylation is 2. The number of ether oxygens (including phenoxy) is 1. The standard InChI is InChI=1S/C21H29N3O3S2/c1-3-13(2)22-17(25)12-28-21-23-19-18(15-8-4-5-9-16(15)29-19)20(26)24(21)11-14-7-6-10-27-14/h13-14H,3-12H2,1-2H3,(H,22,25). The number of rotatable bonds is 7. The maximum atomic E-state index is 13.5. The summed E-state index contributed by atoms with van der Waals surface area (Å²) in [5, 5.41) is 4.42. The van der Waals surface area contributed by atoms with E-state index in [0.29, 0.717) is 11.7 Å². The number of carbonyl (C=O) groups excluding carboxylic acids is 1. The number of thiophene rings is 1. The van der Waals surface area contributed by atoms with E-state index in [2.05, 4.69) is 5.32 Å². The maximum Gasteiger partial charge on any atom is 0.263 e. The van der Waals surface area contributed by atoms with Gasteiger partial charge in [-0.15, -0.1) is 11.3 Å². The van der Waals surface area contributed by atoms with Gasteiger partial charge in [0.05, 0.1) is 23.8 Å². The van der Waals surface area contributed by atoms with Gasteiger partial charge in [0.25, 0.3) is 5.56 Å². The lowest BCUT2D eigenvalue weighted by molar-refractivity contribution is -0.119. The SMILES string of the molecule is CCC(C)NC(=O)CSc1nc2sc3c(c2c(=O)n1CC1CCCO1)CCCC3. The van der Waals surface area contributed by atoms with E-state index in [-0.39, 0.29) is 29.4 Å². The Hall–Kier alpha value is -1.38. The second-order valence-electron chi connectivity index (χ2n) is 8.00. The summed E-state index contributed by atoms with van der Waals surface area (Å²) in [5.74, 6) is 0.242. The van der Waals surface area contributed by atoms with Gasteiger partial charge < -0.3 is 10.1 Å². The van der Waals surface area contributed by atoms with Gasteiger partial charge in [0.1, 0.15) is 4.83 Å². The van der Waals surface area contributed by atoms with Gasteiger partial charge in [-0.25, -0.2) is 4.98 Å². The number of nitrogens with zero attached hydrogens (tertiary/aromatic N) is 2. The monoisotopic (exact) mass is 435 g/mol. The molecule has 3 heterocycles. The number of fused-ring (bicyclic) bond motifs is 3. The molecule has 2 unspecified atom stereocenters. The van der Waals surface area contributed by atoms with Crippen LogP contribution in [0.2, 0.25) is 0 Å². The van der Waals surface area contributed by atoms with E-state index < -0.39 is 0 Å². The summed E-state index contributed by atoms with van der Waals surface area (Å²) in [5.41, 5.74) is 1.25. The van der Waals surface area contributed by atoms with Gasteiger partial charge in [-0.05, 0) is 57.4 Å². The van der Waals surface area contributed by atoms with E-state index in [4.69, 9.17) is 9.72 Å². The Labute approximate surface area is 179 Å². The maximum absolute atomic E-state index is 13.5. The minimum absolute atomic E-state index is 0.0205.